The standard InChI is InChI=1S/C19H23N5O2/c1-2-23-9-11-24(12-10-23)19(26)17-13-16(5-8-21-17)18(25)22-14-15-3-6-20-7-4-15/h3-8,13H,2,9-12,14H2,1H3,(H,22,25). The van der Waals surface area contributed by atoms with E-state index in [1.807, 2.05) is 12.1 Å². The van der Waals surface area contributed by atoms with Gasteiger partial charge in [-0.1, -0.05) is 6.92 Å². The Hall–Kier alpha value is -2.80. The minimum Gasteiger partial charge on any atom is -0.348 e. The van der Waals surface area contributed by atoms with Gasteiger partial charge in [-0.3, -0.25) is 19.6 Å². The van der Waals surface area contributed by atoms with Crippen molar-refractivity contribution in [3.05, 3.63) is 59.7 Å². The molecule has 26 heavy (non-hydrogen) atoms. The van der Waals surface area contributed by atoms with Crippen molar-refractivity contribution in [3.8, 4) is 0 Å². The van der Waals surface area contributed by atoms with Crippen LogP contribution in [0.3, 0.4) is 0 Å². The zero-order chi connectivity index (χ0) is 18.4. The molecule has 0 radical (unpaired) electrons. The van der Waals surface area contributed by atoms with E-state index < -0.39 is 0 Å². The van der Waals surface area contributed by atoms with Gasteiger partial charge in [0, 0.05) is 56.9 Å². The van der Waals surface area contributed by atoms with Crippen LogP contribution in [0, 0.1) is 0 Å². The molecule has 0 unspecified atom stereocenters. The number of nitrogens with one attached hydrogen (secondary N) is 1. The fraction of sp³-hybridized carbons (Fsp3) is 0.368. The van der Waals surface area contributed by atoms with Crippen LogP contribution in [0.2, 0.25) is 0 Å². The summed E-state index contributed by atoms with van der Waals surface area (Å²) in [6.07, 6.45) is 4.88. The highest BCUT2D eigenvalue weighted by molar-refractivity contribution is 5.98. The molecule has 2 aromatic rings. The van der Waals surface area contributed by atoms with Crippen LogP contribution in [0.4, 0.5) is 0 Å². The molecule has 1 aliphatic rings. The smallest absolute Gasteiger partial charge is 0.272 e. The first-order chi connectivity index (χ1) is 12.7. The van der Waals surface area contributed by atoms with Crippen LogP contribution in [0.15, 0.2) is 42.9 Å². The lowest BCUT2D eigenvalue weighted by atomic mass is 10.2. The molecule has 1 saturated heterocycles. The number of amides is 2. The molecular weight excluding hydrogens is 330 g/mol. The average molecular weight is 353 g/mol. The van der Waals surface area contributed by atoms with Crippen LogP contribution in [-0.2, 0) is 6.54 Å². The maximum atomic E-state index is 12.7. The number of likely N-dealkylation sites (N-methyl/N-ethyl adjacent to an activating group) is 1. The minimum absolute atomic E-state index is 0.121. The zero-order valence-electron chi connectivity index (χ0n) is 14.9. The minimum atomic E-state index is -0.228. The van der Waals surface area contributed by atoms with Gasteiger partial charge < -0.3 is 15.1 Å². The van der Waals surface area contributed by atoms with E-state index in [0.29, 0.717) is 30.9 Å². The topological polar surface area (TPSA) is 78.4 Å². The quantitative estimate of drug-likeness (QED) is 0.873. The maximum absolute atomic E-state index is 12.7. The lowest BCUT2D eigenvalue weighted by molar-refractivity contribution is 0.0637. The summed E-state index contributed by atoms with van der Waals surface area (Å²) in [7, 11) is 0. The fourth-order valence-corrected chi connectivity index (χ4v) is 2.90. The molecule has 7 nitrogen and oxygen atoms in total. The summed E-state index contributed by atoms with van der Waals surface area (Å²) in [5.41, 5.74) is 1.71. The largest absolute Gasteiger partial charge is 0.348 e. The highest BCUT2D eigenvalue weighted by Crippen LogP contribution is 2.09. The molecule has 2 aromatic heterocycles. The van der Waals surface area contributed by atoms with E-state index >= 15 is 0 Å². The first-order valence-electron chi connectivity index (χ1n) is 8.82. The summed E-state index contributed by atoms with van der Waals surface area (Å²) in [5, 5.41) is 2.85. The number of carbonyl (C=O) groups excluding carboxylic acids is 2. The molecule has 2 amide bonds. The van der Waals surface area contributed by atoms with Gasteiger partial charge in [-0.05, 0) is 36.4 Å². The highest BCUT2D eigenvalue weighted by Gasteiger charge is 2.22. The van der Waals surface area contributed by atoms with E-state index in [4.69, 9.17) is 0 Å². The van der Waals surface area contributed by atoms with Gasteiger partial charge in [-0.25, -0.2) is 0 Å². The van der Waals surface area contributed by atoms with E-state index in [9.17, 15) is 9.59 Å². The Balaban J connectivity index is 1.62. The molecule has 0 bridgehead atoms. The number of carbonyl (C=O) groups is 2. The van der Waals surface area contributed by atoms with Crippen molar-refractivity contribution in [1.29, 1.82) is 0 Å². The molecule has 0 atom stereocenters. The van der Waals surface area contributed by atoms with Crippen molar-refractivity contribution in [2.75, 3.05) is 32.7 Å². The monoisotopic (exact) mass is 353 g/mol. The summed E-state index contributed by atoms with van der Waals surface area (Å²) in [5.74, 6) is -0.349. The Morgan fingerprint density at radius 3 is 2.50 bits per heavy atom. The molecule has 0 aliphatic carbocycles. The molecule has 0 spiro atoms. The summed E-state index contributed by atoms with van der Waals surface area (Å²) in [4.78, 5) is 37.2. The Bertz CT molecular complexity index is 758. The Morgan fingerprint density at radius 2 is 1.81 bits per heavy atom. The second kappa shape index (κ2) is 8.53. The first kappa shape index (κ1) is 18.0. The van der Waals surface area contributed by atoms with Gasteiger partial charge in [0.15, 0.2) is 0 Å². The Morgan fingerprint density at radius 1 is 1.08 bits per heavy atom. The van der Waals surface area contributed by atoms with Crippen molar-refractivity contribution in [2.45, 2.75) is 13.5 Å². The second-order valence-electron chi connectivity index (χ2n) is 6.19. The number of piperazine rings is 1. The van der Waals surface area contributed by atoms with Crippen molar-refractivity contribution in [1.82, 2.24) is 25.1 Å². The molecule has 0 saturated carbocycles. The van der Waals surface area contributed by atoms with Crippen LogP contribution in [-0.4, -0.2) is 64.3 Å². The van der Waals surface area contributed by atoms with E-state index in [2.05, 4.69) is 27.1 Å². The fourth-order valence-electron chi connectivity index (χ4n) is 2.90. The first-order valence-corrected chi connectivity index (χ1v) is 8.82. The number of nitrogens with zero attached hydrogens (tertiary/aromatic N) is 4. The van der Waals surface area contributed by atoms with Crippen molar-refractivity contribution in [2.24, 2.45) is 0 Å². The predicted molar refractivity (Wildman–Crippen MR) is 97.7 cm³/mol. The van der Waals surface area contributed by atoms with Crippen LogP contribution in [0.5, 0.6) is 0 Å². The maximum Gasteiger partial charge on any atom is 0.272 e. The third kappa shape index (κ3) is 4.43. The average Bonchev–Trinajstić information content (AvgIpc) is 2.72. The third-order valence-electron chi connectivity index (χ3n) is 4.55. The van der Waals surface area contributed by atoms with Crippen LogP contribution >= 0.6 is 0 Å². The second-order valence-corrected chi connectivity index (χ2v) is 6.19. The zero-order valence-corrected chi connectivity index (χ0v) is 14.9. The summed E-state index contributed by atoms with van der Waals surface area (Å²) < 4.78 is 0. The predicted octanol–water partition coefficient (Wildman–Crippen LogP) is 1.18. The van der Waals surface area contributed by atoms with Crippen LogP contribution < -0.4 is 5.32 Å². The van der Waals surface area contributed by atoms with Gasteiger partial charge in [0.25, 0.3) is 11.8 Å². The highest BCUT2D eigenvalue weighted by atomic mass is 16.2. The van der Waals surface area contributed by atoms with Gasteiger partial charge in [-0.15, -0.1) is 0 Å². The van der Waals surface area contributed by atoms with E-state index in [0.717, 1.165) is 25.2 Å². The van der Waals surface area contributed by atoms with Crippen LogP contribution in [0.25, 0.3) is 0 Å². The normalized spacial score (nSPS) is 14.9. The van der Waals surface area contributed by atoms with E-state index in [-0.39, 0.29) is 11.8 Å². The molecule has 1 aliphatic heterocycles. The number of rotatable bonds is 5. The van der Waals surface area contributed by atoms with E-state index in [1.54, 1.807) is 29.4 Å². The molecule has 3 heterocycles. The number of hydrogen-bond acceptors (Lipinski definition) is 5. The third-order valence-corrected chi connectivity index (χ3v) is 4.55. The lowest BCUT2D eigenvalue weighted by Crippen LogP contribution is -2.48. The molecule has 136 valence electrons. The van der Waals surface area contributed by atoms with Crippen molar-refractivity contribution in [3.63, 3.8) is 0 Å². The van der Waals surface area contributed by atoms with Gasteiger partial charge in [0.2, 0.25) is 0 Å². The summed E-state index contributed by atoms with van der Waals surface area (Å²) in [6.45, 7) is 6.63. The Kier molecular flexibility index (Phi) is 5.91. The molecule has 1 fully saturated rings. The van der Waals surface area contributed by atoms with Gasteiger partial charge >= 0.3 is 0 Å². The molecule has 1 N–H and O–H groups in total. The van der Waals surface area contributed by atoms with Gasteiger partial charge in [0.05, 0.1) is 0 Å². The number of pyridine rings is 2. The number of hydrogen-bond donors (Lipinski definition) is 1. The van der Waals surface area contributed by atoms with Crippen molar-refractivity contribution < 1.29 is 9.59 Å². The molecule has 3 rings (SSSR count). The van der Waals surface area contributed by atoms with Gasteiger partial charge in [0.1, 0.15) is 5.69 Å². The SMILES string of the molecule is CCN1CCN(C(=O)c2cc(C(=O)NCc3ccncc3)ccn2)CC1. The molecular formula is C19H23N5O2. The number of aromatic nitrogens is 2. The summed E-state index contributed by atoms with van der Waals surface area (Å²) >= 11 is 0. The van der Waals surface area contributed by atoms with Gasteiger partial charge in [-0.2, -0.15) is 0 Å². The Labute approximate surface area is 153 Å². The molecule has 0 aromatic carbocycles. The van der Waals surface area contributed by atoms with E-state index in [1.165, 1.54) is 6.20 Å². The lowest BCUT2D eigenvalue weighted by Gasteiger charge is -2.33. The molecule has 7 heteroatoms. The summed E-state index contributed by atoms with van der Waals surface area (Å²) in [6, 6.07) is 6.87. The van der Waals surface area contributed by atoms with Crippen LogP contribution in [0.1, 0.15) is 33.3 Å². The van der Waals surface area contributed by atoms with Crippen molar-refractivity contribution >= 4 is 11.8 Å².